The lowest BCUT2D eigenvalue weighted by atomic mass is 9.77. The fourth-order valence-electron chi connectivity index (χ4n) is 2.21. The van der Waals surface area contributed by atoms with Crippen LogP contribution in [0.5, 0.6) is 0 Å². The summed E-state index contributed by atoms with van der Waals surface area (Å²) in [5.74, 6) is -1.31. The van der Waals surface area contributed by atoms with Gasteiger partial charge in [0.25, 0.3) is 0 Å². The van der Waals surface area contributed by atoms with Gasteiger partial charge in [-0.3, -0.25) is 4.79 Å². The van der Waals surface area contributed by atoms with Crippen molar-refractivity contribution in [1.29, 1.82) is 0 Å². The third-order valence-corrected chi connectivity index (χ3v) is 3.74. The molecule has 0 saturated carbocycles. The first-order valence-electron chi connectivity index (χ1n) is 6.16. The molecule has 0 amide bonds. The van der Waals surface area contributed by atoms with E-state index in [2.05, 4.69) is 0 Å². The second kappa shape index (κ2) is 5.63. The molecule has 2 aromatic carbocycles. The highest BCUT2D eigenvalue weighted by Crippen LogP contribution is 2.33. The first-order valence-corrected chi connectivity index (χ1v) is 6.54. The molecule has 0 bridgehead atoms. The van der Waals surface area contributed by atoms with Gasteiger partial charge in [-0.25, -0.2) is 4.39 Å². The van der Waals surface area contributed by atoms with Crippen LogP contribution in [0.15, 0.2) is 48.5 Å². The number of carbonyl (C=O) groups is 1. The van der Waals surface area contributed by atoms with Crippen molar-refractivity contribution in [3.05, 3.63) is 70.5 Å². The smallest absolute Gasteiger partial charge is 0.314 e. The molecule has 0 fully saturated rings. The molecule has 0 aliphatic heterocycles. The first-order chi connectivity index (χ1) is 9.43. The van der Waals surface area contributed by atoms with Crippen LogP contribution < -0.4 is 0 Å². The number of carboxylic acid groups (broad SMARTS) is 1. The molecule has 0 aromatic heterocycles. The highest BCUT2D eigenvalue weighted by atomic mass is 35.5. The average Bonchev–Trinajstić information content (AvgIpc) is 2.41. The molecule has 104 valence electrons. The molecule has 0 saturated heterocycles. The van der Waals surface area contributed by atoms with Crippen LogP contribution in [0.2, 0.25) is 5.02 Å². The number of carboxylic acids is 1. The summed E-state index contributed by atoms with van der Waals surface area (Å²) in [6.45, 7) is 1.62. The Morgan fingerprint density at radius 3 is 2.35 bits per heavy atom. The molecular formula is C16H14ClFO2. The van der Waals surface area contributed by atoms with Crippen molar-refractivity contribution >= 4 is 17.6 Å². The third kappa shape index (κ3) is 2.83. The van der Waals surface area contributed by atoms with E-state index in [1.165, 1.54) is 12.1 Å². The molecule has 2 nitrogen and oxygen atoms in total. The fraction of sp³-hybridized carbons (Fsp3) is 0.188. The average molecular weight is 293 g/mol. The van der Waals surface area contributed by atoms with Gasteiger partial charge in [0.15, 0.2) is 0 Å². The zero-order valence-corrected chi connectivity index (χ0v) is 11.7. The third-order valence-electron chi connectivity index (χ3n) is 3.41. The topological polar surface area (TPSA) is 37.3 Å². The van der Waals surface area contributed by atoms with Crippen LogP contribution in [-0.4, -0.2) is 11.1 Å². The summed E-state index contributed by atoms with van der Waals surface area (Å²) in [4.78, 5) is 11.7. The predicted octanol–water partition coefficient (Wildman–Crippen LogP) is 4.06. The maximum Gasteiger partial charge on any atom is 0.314 e. The Bertz CT molecular complexity index is 625. The second-order valence-electron chi connectivity index (χ2n) is 4.92. The molecule has 2 aromatic rings. The monoisotopic (exact) mass is 292 g/mol. The van der Waals surface area contributed by atoms with Crippen LogP contribution in [0, 0.1) is 5.82 Å². The number of hydrogen-bond donors (Lipinski definition) is 1. The minimum Gasteiger partial charge on any atom is -0.481 e. The summed E-state index contributed by atoms with van der Waals surface area (Å²) in [5, 5.41) is 10.0. The standard InChI is InChI=1S/C16H14ClFO2/c1-16(15(19)20,13-4-2-3-5-14(13)17)10-11-6-8-12(18)9-7-11/h2-9H,10H2,1H3,(H,19,20). The van der Waals surface area contributed by atoms with Gasteiger partial charge in [0.1, 0.15) is 5.82 Å². The SMILES string of the molecule is CC(Cc1ccc(F)cc1)(C(=O)O)c1ccccc1Cl. The second-order valence-corrected chi connectivity index (χ2v) is 5.33. The summed E-state index contributed by atoms with van der Waals surface area (Å²) in [5.41, 5.74) is 0.144. The van der Waals surface area contributed by atoms with Crippen molar-refractivity contribution in [3.63, 3.8) is 0 Å². The Labute approximate surface area is 121 Å². The van der Waals surface area contributed by atoms with Crippen LogP contribution in [0.25, 0.3) is 0 Å². The maximum atomic E-state index is 12.9. The van der Waals surface area contributed by atoms with Crippen molar-refractivity contribution in [2.24, 2.45) is 0 Å². The maximum absolute atomic E-state index is 12.9. The van der Waals surface area contributed by atoms with Gasteiger partial charge in [-0.1, -0.05) is 41.9 Å². The summed E-state index contributed by atoms with van der Waals surface area (Å²) < 4.78 is 12.9. The van der Waals surface area contributed by atoms with Crippen molar-refractivity contribution in [2.45, 2.75) is 18.8 Å². The predicted molar refractivity (Wildman–Crippen MR) is 76.5 cm³/mol. The van der Waals surface area contributed by atoms with Gasteiger partial charge >= 0.3 is 5.97 Å². The van der Waals surface area contributed by atoms with Crippen LogP contribution in [-0.2, 0) is 16.6 Å². The number of aliphatic carboxylic acids is 1. The molecule has 0 spiro atoms. The van der Waals surface area contributed by atoms with Gasteiger partial charge in [0, 0.05) is 5.02 Å². The van der Waals surface area contributed by atoms with Crippen molar-refractivity contribution in [3.8, 4) is 0 Å². The van der Waals surface area contributed by atoms with E-state index in [4.69, 9.17) is 11.6 Å². The number of benzene rings is 2. The highest BCUT2D eigenvalue weighted by molar-refractivity contribution is 6.31. The Morgan fingerprint density at radius 2 is 1.80 bits per heavy atom. The van der Waals surface area contributed by atoms with Gasteiger partial charge in [0.05, 0.1) is 5.41 Å². The van der Waals surface area contributed by atoms with E-state index in [0.29, 0.717) is 10.6 Å². The van der Waals surface area contributed by atoms with Crippen LogP contribution in [0.1, 0.15) is 18.1 Å². The van der Waals surface area contributed by atoms with E-state index >= 15 is 0 Å². The lowest BCUT2D eigenvalue weighted by molar-refractivity contribution is -0.143. The number of rotatable bonds is 4. The van der Waals surface area contributed by atoms with Gasteiger partial charge < -0.3 is 5.11 Å². The van der Waals surface area contributed by atoms with Crippen LogP contribution in [0.4, 0.5) is 4.39 Å². The zero-order valence-electron chi connectivity index (χ0n) is 10.9. The Hall–Kier alpha value is -1.87. The molecule has 0 heterocycles. The van der Waals surface area contributed by atoms with Crippen LogP contribution in [0.3, 0.4) is 0 Å². The van der Waals surface area contributed by atoms with Crippen LogP contribution >= 0.6 is 11.6 Å². The molecule has 0 aliphatic carbocycles. The number of hydrogen-bond acceptors (Lipinski definition) is 1. The Morgan fingerprint density at radius 1 is 1.20 bits per heavy atom. The quantitative estimate of drug-likeness (QED) is 0.922. The molecule has 0 radical (unpaired) electrons. The molecule has 2 rings (SSSR count). The summed E-state index contributed by atoms with van der Waals surface area (Å²) in [7, 11) is 0. The van der Waals surface area contributed by atoms with Crippen molar-refractivity contribution in [1.82, 2.24) is 0 Å². The van der Waals surface area contributed by atoms with Gasteiger partial charge in [-0.15, -0.1) is 0 Å². The van der Waals surface area contributed by atoms with Gasteiger partial charge in [0.2, 0.25) is 0 Å². The normalized spacial score (nSPS) is 13.8. The Kier molecular flexibility index (Phi) is 4.09. The molecule has 1 N–H and O–H groups in total. The van der Waals surface area contributed by atoms with Gasteiger partial charge in [-0.2, -0.15) is 0 Å². The van der Waals surface area contributed by atoms with E-state index in [0.717, 1.165) is 5.56 Å². The molecule has 1 atom stereocenters. The zero-order chi connectivity index (χ0) is 14.8. The summed E-state index contributed by atoms with van der Waals surface area (Å²) in [6, 6.07) is 12.7. The van der Waals surface area contributed by atoms with Crippen molar-refractivity contribution in [2.75, 3.05) is 0 Å². The largest absolute Gasteiger partial charge is 0.481 e. The molecule has 20 heavy (non-hydrogen) atoms. The summed E-state index contributed by atoms with van der Waals surface area (Å²) >= 11 is 6.12. The number of halogens is 2. The Balaban J connectivity index is 2.43. The highest BCUT2D eigenvalue weighted by Gasteiger charge is 2.36. The minimum atomic E-state index is -1.16. The molecular weight excluding hydrogens is 279 g/mol. The first kappa shape index (κ1) is 14.5. The molecule has 1 unspecified atom stereocenters. The van der Waals surface area contributed by atoms with E-state index in [1.807, 2.05) is 0 Å². The fourth-order valence-corrected chi connectivity index (χ4v) is 2.55. The lowest BCUT2D eigenvalue weighted by Gasteiger charge is -2.26. The molecule has 4 heteroatoms. The lowest BCUT2D eigenvalue weighted by Crippen LogP contribution is -2.35. The van der Waals surface area contributed by atoms with E-state index in [9.17, 15) is 14.3 Å². The van der Waals surface area contributed by atoms with E-state index in [-0.39, 0.29) is 12.2 Å². The summed E-state index contributed by atoms with van der Waals surface area (Å²) in [6.07, 6.45) is 0.242. The van der Waals surface area contributed by atoms with E-state index < -0.39 is 11.4 Å². The van der Waals surface area contributed by atoms with Crippen molar-refractivity contribution < 1.29 is 14.3 Å². The minimum absolute atomic E-state index is 0.242. The van der Waals surface area contributed by atoms with E-state index in [1.54, 1.807) is 43.3 Å². The van der Waals surface area contributed by atoms with Gasteiger partial charge in [-0.05, 0) is 42.7 Å². The molecule has 0 aliphatic rings.